The van der Waals surface area contributed by atoms with Gasteiger partial charge in [-0.3, -0.25) is 0 Å². The number of nitrogens with zero attached hydrogens (tertiary/aromatic N) is 4. The number of hydrogen-bond acceptors (Lipinski definition) is 4. The first-order chi connectivity index (χ1) is 10.7. The van der Waals surface area contributed by atoms with Crippen molar-refractivity contribution in [2.75, 3.05) is 23.1 Å². The van der Waals surface area contributed by atoms with E-state index in [4.69, 9.17) is 16.4 Å². The predicted molar refractivity (Wildman–Crippen MR) is 96.7 cm³/mol. The third kappa shape index (κ3) is 4.30. The van der Waals surface area contributed by atoms with Crippen molar-refractivity contribution in [1.82, 2.24) is 0 Å². The number of pyridine rings is 1. The van der Waals surface area contributed by atoms with E-state index >= 15 is 0 Å². The van der Waals surface area contributed by atoms with Crippen molar-refractivity contribution in [3.8, 4) is 0 Å². The number of rotatable bonds is 6. The Labute approximate surface area is 148 Å². The number of aromatic nitrogens is 1. The Bertz CT molecular complexity index is 644. The van der Waals surface area contributed by atoms with E-state index in [0.29, 0.717) is 10.8 Å². The summed E-state index contributed by atoms with van der Waals surface area (Å²) >= 11 is 8.26. The summed E-state index contributed by atoms with van der Waals surface area (Å²) in [6.07, 6.45) is 1.64. The van der Waals surface area contributed by atoms with Crippen molar-refractivity contribution >= 4 is 51.4 Å². The van der Waals surface area contributed by atoms with Crippen LogP contribution in [0.15, 0.2) is 52.8 Å². The third-order valence-electron chi connectivity index (χ3n) is 3.06. The molecule has 1 aromatic heterocycles. The van der Waals surface area contributed by atoms with Gasteiger partial charge in [0.1, 0.15) is 12.8 Å². The van der Waals surface area contributed by atoms with Gasteiger partial charge in [0.25, 0.3) is 0 Å². The summed E-state index contributed by atoms with van der Waals surface area (Å²) in [6, 6.07) is 11.5. The highest BCUT2D eigenvalue weighted by molar-refractivity contribution is 14.1. The monoisotopic (exact) mass is 431 g/mol. The maximum Gasteiger partial charge on any atom is 0.388 e. The molecular formula is C15H17ClIN4O+. The molecule has 0 amide bonds. The molecule has 0 aliphatic heterocycles. The number of alkyl halides is 1. The minimum atomic E-state index is 0.568. The number of hydrogen-bond donors (Lipinski definition) is 0. The summed E-state index contributed by atoms with van der Waals surface area (Å²) in [7, 11) is 1.55. The van der Waals surface area contributed by atoms with Crippen LogP contribution in [0, 0.1) is 0 Å². The molecule has 22 heavy (non-hydrogen) atoms. The van der Waals surface area contributed by atoms with Crippen LogP contribution in [-0.4, -0.2) is 18.2 Å². The Morgan fingerprint density at radius 1 is 1.18 bits per heavy atom. The Kier molecular flexibility index (Phi) is 6.38. The molecule has 0 fully saturated rings. The highest BCUT2D eigenvalue weighted by atomic mass is 127. The summed E-state index contributed by atoms with van der Waals surface area (Å²) in [5.41, 5.74) is 1.96. The summed E-state index contributed by atoms with van der Waals surface area (Å²) < 4.78 is 2.42. The van der Waals surface area contributed by atoms with Gasteiger partial charge < -0.3 is 9.74 Å². The molecule has 2 rings (SSSR count). The van der Waals surface area contributed by atoms with Gasteiger partial charge in [-0.1, -0.05) is 34.2 Å². The summed E-state index contributed by atoms with van der Waals surface area (Å²) in [4.78, 5) is 7.43. The van der Waals surface area contributed by atoms with E-state index in [1.54, 1.807) is 25.4 Å². The second kappa shape index (κ2) is 8.28. The van der Waals surface area contributed by atoms with Crippen molar-refractivity contribution < 1.29 is 9.57 Å². The van der Waals surface area contributed by atoms with Crippen LogP contribution >= 0.6 is 34.2 Å². The Morgan fingerprint density at radius 2 is 1.91 bits per heavy atom. The molecule has 0 atom stereocenters. The normalized spacial score (nSPS) is 10.9. The van der Waals surface area contributed by atoms with E-state index in [9.17, 15) is 0 Å². The minimum absolute atomic E-state index is 0.568. The molecule has 0 radical (unpaired) electrons. The molecule has 1 aromatic carbocycles. The molecule has 0 saturated heterocycles. The average Bonchev–Trinajstić information content (AvgIpc) is 2.56. The Hall–Kier alpha value is -1.41. The largest absolute Gasteiger partial charge is 0.388 e. The van der Waals surface area contributed by atoms with Gasteiger partial charge in [0.05, 0.1) is 14.7 Å². The standard InChI is InChI=1S/C15H17ClIN4O/c1-3-20(11-17)14-7-5-13(6-8-14)18-19-15-9-4-12(16)10-21(15)22-2/h4-10H,3,11H2,1-2H3/q+1. The molecule has 7 heteroatoms. The van der Waals surface area contributed by atoms with E-state index in [2.05, 4.69) is 44.6 Å². The third-order valence-corrected chi connectivity index (χ3v) is 4.11. The van der Waals surface area contributed by atoms with Crippen LogP contribution in [0.4, 0.5) is 17.2 Å². The number of benzene rings is 1. The first kappa shape index (κ1) is 17.0. The molecule has 0 N–H and O–H groups in total. The maximum atomic E-state index is 5.91. The predicted octanol–water partition coefficient (Wildman–Crippen LogP) is 4.32. The zero-order valence-corrected chi connectivity index (χ0v) is 15.3. The molecule has 116 valence electrons. The van der Waals surface area contributed by atoms with Crippen LogP contribution in [0.25, 0.3) is 0 Å². The fraction of sp³-hybridized carbons (Fsp3) is 0.267. The molecule has 0 aliphatic carbocycles. The average molecular weight is 432 g/mol. The number of halogens is 2. The van der Waals surface area contributed by atoms with Crippen molar-refractivity contribution in [2.45, 2.75) is 6.92 Å². The van der Waals surface area contributed by atoms with Crippen molar-refractivity contribution in [1.29, 1.82) is 0 Å². The van der Waals surface area contributed by atoms with Gasteiger partial charge in [0.15, 0.2) is 6.20 Å². The van der Waals surface area contributed by atoms with E-state index in [1.807, 2.05) is 24.3 Å². The van der Waals surface area contributed by atoms with E-state index in [1.165, 1.54) is 10.4 Å². The van der Waals surface area contributed by atoms with Crippen LogP contribution in [0.2, 0.25) is 5.02 Å². The van der Waals surface area contributed by atoms with Gasteiger partial charge in [-0.05, 0) is 47.1 Å². The molecule has 1 heterocycles. The highest BCUT2D eigenvalue weighted by Crippen LogP contribution is 2.22. The summed E-state index contributed by atoms with van der Waals surface area (Å²) in [5.74, 6) is 0.568. The van der Waals surface area contributed by atoms with Gasteiger partial charge in [-0.25, -0.2) is 0 Å². The minimum Gasteiger partial charge on any atom is -0.363 e. The zero-order valence-electron chi connectivity index (χ0n) is 12.4. The van der Waals surface area contributed by atoms with Gasteiger partial charge in [0.2, 0.25) is 0 Å². The molecule has 0 saturated carbocycles. The smallest absolute Gasteiger partial charge is 0.363 e. The van der Waals surface area contributed by atoms with E-state index < -0.39 is 0 Å². The van der Waals surface area contributed by atoms with Gasteiger partial charge in [0, 0.05) is 18.3 Å². The van der Waals surface area contributed by atoms with Crippen molar-refractivity contribution in [3.05, 3.63) is 47.6 Å². The SMILES string of the molecule is CCN(CI)c1ccc(N=Nc2ccc(Cl)c[n+]2OC)cc1. The summed E-state index contributed by atoms with van der Waals surface area (Å²) in [6.45, 7) is 3.11. The number of azo groups is 1. The van der Waals surface area contributed by atoms with Gasteiger partial charge in [-0.15, -0.1) is 0 Å². The van der Waals surface area contributed by atoms with Crippen molar-refractivity contribution in [2.24, 2.45) is 10.2 Å². The second-order valence-electron chi connectivity index (χ2n) is 4.41. The lowest BCUT2D eigenvalue weighted by Crippen LogP contribution is -2.40. The maximum absolute atomic E-state index is 5.91. The van der Waals surface area contributed by atoms with E-state index in [0.717, 1.165) is 16.8 Å². The molecule has 0 bridgehead atoms. The van der Waals surface area contributed by atoms with Crippen LogP contribution in [0.5, 0.6) is 0 Å². The lowest BCUT2D eigenvalue weighted by molar-refractivity contribution is -0.875. The topological polar surface area (TPSA) is 41.1 Å². The fourth-order valence-corrected chi connectivity index (χ4v) is 2.88. The summed E-state index contributed by atoms with van der Waals surface area (Å²) in [5, 5.41) is 8.99. The van der Waals surface area contributed by atoms with Gasteiger partial charge >= 0.3 is 5.82 Å². The number of anilines is 1. The zero-order chi connectivity index (χ0) is 15.9. The lowest BCUT2D eigenvalue weighted by atomic mass is 10.2. The Balaban J connectivity index is 2.17. The quantitative estimate of drug-likeness (QED) is 0.225. The molecule has 2 aromatic rings. The fourth-order valence-electron chi connectivity index (χ4n) is 1.85. The molecular weight excluding hydrogens is 415 g/mol. The highest BCUT2D eigenvalue weighted by Gasteiger charge is 2.11. The molecule has 0 spiro atoms. The van der Waals surface area contributed by atoms with E-state index in [-0.39, 0.29) is 0 Å². The van der Waals surface area contributed by atoms with Crippen LogP contribution in [0.3, 0.4) is 0 Å². The lowest BCUT2D eigenvalue weighted by Gasteiger charge is -2.19. The first-order valence-corrected chi connectivity index (χ1v) is 8.66. The van der Waals surface area contributed by atoms with Crippen LogP contribution in [0.1, 0.15) is 6.92 Å². The Morgan fingerprint density at radius 3 is 2.50 bits per heavy atom. The molecule has 0 unspecified atom stereocenters. The van der Waals surface area contributed by atoms with Crippen LogP contribution in [-0.2, 0) is 0 Å². The second-order valence-corrected chi connectivity index (χ2v) is 5.52. The first-order valence-electron chi connectivity index (χ1n) is 6.76. The van der Waals surface area contributed by atoms with Gasteiger partial charge in [-0.2, -0.15) is 0 Å². The van der Waals surface area contributed by atoms with Crippen LogP contribution < -0.4 is 14.5 Å². The molecule has 5 nitrogen and oxygen atoms in total. The van der Waals surface area contributed by atoms with Crippen molar-refractivity contribution in [3.63, 3.8) is 0 Å². The molecule has 0 aliphatic rings.